The topological polar surface area (TPSA) is 96.6 Å². The number of fused-ring (bicyclic) bond motifs is 1. The minimum atomic E-state index is -1.24. The van der Waals surface area contributed by atoms with Crippen LogP contribution in [-0.2, 0) is 11.2 Å². The number of carboxylic acids is 1. The number of aryl methyl sites for hydroxylation is 1. The van der Waals surface area contributed by atoms with E-state index in [4.69, 9.17) is 4.42 Å². The first-order valence-electron chi connectivity index (χ1n) is 9.09. The number of hydrogen-bond acceptors (Lipinski definition) is 4. The lowest BCUT2D eigenvalue weighted by molar-refractivity contribution is -0.146. The number of furan rings is 1. The molecule has 0 spiro atoms. The van der Waals surface area contributed by atoms with E-state index in [2.05, 4.69) is 12.2 Å². The molecule has 1 amide bonds. The van der Waals surface area contributed by atoms with Gasteiger partial charge in [0.15, 0.2) is 11.5 Å². The maximum Gasteiger partial charge on any atom is 0.329 e. The fraction of sp³-hybridized carbons (Fsp3) is 0.632. The van der Waals surface area contributed by atoms with Gasteiger partial charge in [0, 0.05) is 18.4 Å². The normalized spacial score (nSPS) is 26.2. The van der Waals surface area contributed by atoms with Crippen LogP contribution >= 0.6 is 0 Å². The fourth-order valence-electron chi connectivity index (χ4n) is 4.11. The molecule has 1 heterocycles. The van der Waals surface area contributed by atoms with E-state index < -0.39 is 17.4 Å². The van der Waals surface area contributed by atoms with Crippen molar-refractivity contribution in [1.82, 2.24) is 5.32 Å². The Morgan fingerprint density at radius 3 is 2.52 bits per heavy atom. The van der Waals surface area contributed by atoms with Crippen LogP contribution in [0.25, 0.3) is 0 Å². The fourth-order valence-corrected chi connectivity index (χ4v) is 4.11. The molecule has 6 nitrogen and oxygen atoms in total. The van der Waals surface area contributed by atoms with Crippen molar-refractivity contribution in [3.63, 3.8) is 0 Å². The number of carbonyl (C=O) groups excluding carboxylic acids is 2. The van der Waals surface area contributed by atoms with Crippen molar-refractivity contribution in [2.75, 3.05) is 0 Å². The molecule has 6 heteroatoms. The van der Waals surface area contributed by atoms with Crippen LogP contribution in [0.2, 0.25) is 0 Å². The summed E-state index contributed by atoms with van der Waals surface area (Å²) in [5.74, 6) is -0.383. The Morgan fingerprint density at radius 2 is 1.96 bits per heavy atom. The molecular weight excluding hydrogens is 322 g/mol. The Bertz CT molecular complexity index is 710. The average Bonchev–Trinajstić information content (AvgIpc) is 2.93. The highest BCUT2D eigenvalue weighted by atomic mass is 16.4. The summed E-state index contributed by atoms with van der Waals surface area (Å²) in [6, 6.07) is 0. The van der Waals surface area contributed by atoms with E-state index in [0.29, 0.717) is 48.5 Å². The standard InChI is InChI=1S/C19H25NO5/c1-3-12-7-9-19(10-8-12,18(23)24)20-17(22)16-11(2)15-13(21)5-4-6-14(15)25-16/h12H,3-10H2,1-2H3,(H,20,22)(H,23,24). The van der Waals surface area contributed by atoms with Crippen molar-refractivity contribution in [2.45, 2.75) is 70.8 Å². The van der Waals surface area contributed by atoms with Crippen LogP contribution < -0.4 is 5.32 Å². The summed E-state index contributed by atoms with van der Waals surface area (Å²) in [6.45, 7) is 3.80. The number of carbonyl (C=O) groups is 3. The van der Waals surface area contributed by atoms with Crippen molar-refractivity contribution < 1.29 is 23.9 Å². The maximum absolute atomic E-state index is 12.7. The Hall–Kier alpha value is -2.11. The zero-order valence-corrected chi connectivity index (χ0v) is 14.8. The summed E-state index contributed by atoms with van der Waals surface area (Å²) in [5, 5.41) is 12.4. The van der Waals surface area contributed by atoms with Gasteiger partial charge in [-0.05, 0) is 44.9 Å². The predicted octanol–water partition coefficient (Wildman–Crippen LogP) is 3.26. The van der Waals surface area contributed by atoms with Gasteiger partial charge in [-0.2, -0.15) is 0 Å². The van der Waals surface area contributed by atoms with Gasteiger partial charge in [-0.25, -0.2) is 4.79 Å². The van der Waals surface area contributed by atoms with Crippen molar-refractivity contribution >= 4 is 17.7 Å². The molecule has 0 bridgehead atoms. The third kappa shape index (κ3) is 3.10. The number of nitrogens with one attached hydrogen (secondary N) is 1. The molecule has 1 fully saturated rings. The first-order valence-corrected chi connectivity index (χ1v) is 9.09. The summed E-state index contributed by atoms with van der Waals surface area (Å²) in [6.07, 6.45) is 5.26. The lowest BCUT2D eigenvalue weighted by Gasteiger charge is -2.37. The minimum Gasteiger partial charge on any atom is -0.480 e. The molecule has 0 aliphatic heterocycles. The van der Waals surface area contributed by atoms with E-state index in [1.807, 2.05) is 0 Å². The molecule has 0 radical (unpaired) electrons. The zero-order valence-electron chi connectivity index (χ0n) is 14.8. The third-order valence-corrected chi connectivity index (χ3v) is 5.81. The number of rotatable bonds is 4. The molecule has 1 saturated carbocycles. The summed E-state index contributed by atoms with van der Waals surface area (Å²) < 4.78 is 5.65. The highest BCUT2D eigenvalue weighted by Crippen LogP contribution is 2.35. The van der Waals surface area contributed by atoms with E-state index in [1.165, 1.54) is 0 Å². The molecule has 2 N–H and O–H groups in total. The smallest absolute Gasteiger partial charge is 0.329 e. The number of ketones is 1. The summed E-state index contributed by atoms with van der Waals surface area (Å²) in [5.41, 5.74) is -0.206. The highest BCUT2D eigenvalue weighted by Gasteiger charge is 2.44. The third-order valence-electron chi connectivity index (χ3n) is 5.81. The second-order valence-electron chi connectivity index (χ2n) is 7.32. The van der Waals surface area contributed by atoms with Gasteiger partial charge >= 0.3 is 5.97 Å². The molecule has 1 aromatic rings. The van der Waals surface area contributed by atoms with Gasteiger partial charge in [-0.1, -0.05) is 13.3 Å². The predicted molar refractivity (Wildman–Crippen MR) is 90.8 cm³/mol. The van der Waals surface area contributed by atoms with E-state index in [0.717, 1.165) is 25.7 Å². The Labute approximate surface area is 147 Å². The van der Waals surface area contributed by atoms with Crippen LogP contribution in [0, 0.1) is 12.8 Å². The number of aliphatic carboxylic acids is 1. The lowest BCUT2D eigenvalue weighted by Crippen LogP contribution is -2.56. The van der Waals surface area contributed by atoms with Gasteiger partial charge in [0.2, 0.25) is 0 Å². The van der Waals surface area contributed by atoms with Gasteiger partial charge in [-0.3, -0.25) is 9.59 Å². The van der Waals surface area contributed by atoms with E-state index in [1.54, 1.807) is 6.92 Å². The Kier molecular flexibility index (Phi) is 4.71. The molecule has 1 aromatic heterocycles. The summed E-state index contributed by atoms with van der Waals surface area (Å²) in [7, 11) is 0. The second kappa shape index (κ2) is 6.65. The van der Waals surface area contributed by atoms with Crippen LogP contribution in [0.1, 0.15) is 84.1 Å². The second-order valence-corrected chi connectivity index (χ2v) is 7.32. The van der Waals surface area contributed by atoms with Crippen LogP contribution in [0.5, 0.6) is 0 Å². The molecule has 0 unspecified atom stereocenters. The molecular formula is C19H25NO5. The van der Waals surface area contributed by atoms with E-state index >= 15 is 0 Å². The minimum absolute atomic E-state index is 0.00190. The summed E-state index contributed by atoms with van der Waals surface area (Å²) >= 11 is 0. The van der Waals surface area contributed by atoms with Gasteiger partial charge in [0.25, 0.3) is 5.91 Å². The molecule has 2 aliphatic rings. The molecule has 136 valence electrons. The van der Waals surface area contributed by atoms with Gasteiger partial charge in [0.05, 0.1) is 5.56 Å². The van der Waals surface area contributed by atoms with Crippen LogP contribution in [0.3, 0.4) is 0 Å². The van der Waals surface area contributed by atoms with Crippen molar-refractivity contribution in [3.8, 4) is 0 Å². The molecule has 0 saturated heterocycles. The monoisotopic (exact) mass is 347 g/mol. The Morgan fingerprint density at radius 1 is 1.28 bits per heavy atom. The quantitative estimate of drug-likeness (QED) is 0.871. The lowest BCUT2D eigenvalue weighted by atomic mass is 9.75. The van der Waals surface area contributed by atoms with Crippen LogP contribution in [0.15, 0.2) is 4.42 Å². The van der Waals surface area contributed by atoms with Gasteiger partial charge < -0.3 is 14.8 Å². The first-order chi connectivity index (χ1) is 11.9. The molecule has 2 aliphatic carbocycles. The van der Waals surface area contributed by atoms with Crippen LogP contribution in [-0.4, -0.2) is 28.3 Å². The van der Waals surface area contributed by atoms with Gasteiger partial charge in [0.1, 0.15) is 11.3 Å². The molecule has 0 aromatic carbocycles. The number of hydrogen-bond donors (Lipinski definition) is 2. The highest BCUT2D eigenvalue weighted by molar-refractivity contribution is 6.04. The van der Waals surface area contributed by atoms with E-state index in [-0.39, 0.29) is 11.5 Å². The maximum atomic E-state index is 12.7. The first kappa shape index (κ1) is 17.7. The van der Waals surface area contributed by atoms with E-state index in [9.17, 15) is 19.5 Å². The number of amides is 1. The number of Topliss-reactive ketones (excluding diaryl/α,β-unsaturated/α-hetero) is 1. The van der Waals surface area contributed by atoms with Crippen molar-refractivity contribution in [3.05, 3.63) is 22.6 Å². The van der Waals surface area contributed by atoms with Gasteiger partial charge in [-0.15, -0.1) is 0 Å². The Balaban J connectivity index is 1.84. The summed E-state index contributed by atoms with van der Waals surface area (Å²) in [4.78, 5) is 36.7. The molecule has 3 rings (SSSR count). The SMILES string of the molecule is CCC1CCC(NC(=O)c2oc3c(c2C)C(=O)CCC3)(C(=O)O)CC1. The largest absolute Gasteiger partial charge is 0.480 e. The number of carboxylic acid groups (broad SMARTS) is 1. The van der Waals surface area contributed by atoms with Crippen molar-refractivity contribution in [2.24, 2.45) is 5.92 Å². The zero-order chi connectivity index (χ0) is 18.2. The van der Waals surface area contributed by atoms with Crippen LogP contribution in [0.4, 0.5) is 0 Å². The average molecular weight is 347 g/mol. The molecule has 0 atom stereocenters. The van der Waals surface area contributed by atoms with Crippen molar-refractivity contribution in [1.29, 1.82) is 0 Å². The molecule has 25 heavy (non-hydrogen) atoms.